The monoisotopic (exact) mass is 1540 g/mol. The largest absolute Gasteiger partial charge is 0.481 e. The number of hydrogen-bond donors (Lipinski definition) is 7. The molecule has 0 saturated carbocycles. The lowest BCUT2D eigenvalue weighted by Gasteiger charge is -2.01. The topological polar surface area (TPSA) is 469 Å². The zero-order valence-electron chi connectivity index (χ0n) is 68.6. The first-order chi connectivity index (χ1) is 45.7. The van der Waals surface area contributed by atoms with Gasteiger partial charge in [-0.1, -0.05) is 66.9 Å². The SMILES string of the molecule is C=C(C)C.C=C(C)OC(C)=O.C=C=CC.C=CC(C)=O.CC.CC.CC.CC(=O)O.CC(=O)OC(C)=O.CC(C)=O.CC(C)=O.CC(C)=O.CC(C)=O.CC=O.CN1C(=O)C=CC1=O.CN=C=O.CN=C=S.CNNC.CNNC(C)=O.CO.COC(C)=O.CS.CS(C)(=O)=O.CS(C)(=O)=O. The zero-order chi connectivity index (χ0) is 88.3. The zero-order valence-corrected chi connectivity index (χ0v) is 71.9. The number of isothiocyanates is 1. The van der Waals surface area contributed by atoms with Crippen molar-refractivity contribution in [2.45, 2.75) is 180 Å². The lowest BCUT2D eigenvalue weighted by atomic mass is 10.4. The molecular formula is C66H137N7O24S4. The Morgan fingerprint density at radius 2 is 0.733 bits per heavy atom. The Morgan fingerprint density at radius 3 is 0.743 bits per heavy atom. The number of imide groups is 1. The lowest BCUT2D eigenvalue weighted by Crippen LogP contribution is -2.31. The average Bonchev–Trinajstić information content (AvgIpc) is 1.78. The number of aliphatic carboxylic acids is 1. The van der Waals surface area contributed by atoms with Gasteiger partial charge < -0.3 is 48.4 Å². The Hall–Kier alpha value is -8.07. The number of nitrogens with one attached hydrogen (secondary N) is 4. The predicted octanol–water partition coefficient (Wildman–Crippen LogP) is 9.09. The summed E-state index contributed by atoms with van der Waals surface area (Å²) in [6.07, 6.45) is 13.9. The molecule has 604 valence electrons. The molecule has 0 spiro atoms. The van der Waals surface area contributed by atoms with Gasteiger partial charge in [0.1, 0.15) is 49.1 Å². The van der Waals surface area contributed by atoms with Crippen LogP contribution in [0.3, 0.4) is 0 Å². The Balaban J connectivity index is -0.0000000302. The van der Waals surface area contributed by atoms with Crippen molar-refractivity contribution in [2.24, 2.45) is 9.98 Å². The summed E-state index contributed by atoms with van der Waals surface area (Å²) in [4.78, 5) is 151. The fraction of sp³-hybridized carbons (Fsp3) is 0.591. The molecule has 6 N–H and O–H groups in total. The number of aliphatic hydroxyl groups is 1. The number of carbonyl (C=O) groups is 14. The molecule has 3 amide bonds. The summed E-state index contributed by atoms with van der Waals surface area (Å²) in [5, 5.41) is 16.6. The normalized spacial score (nSPS) is 7.55. The van der Waals surface area contributed by atoms with Gasteiger partial charge in [0.15, 0.2) is 5.78 Å². The third-order valence-electron chi connectivity index (χ3n) is 3.15. The molecule has 0 saturated heterocycles. The number of aliphatic imine (C=N–C) groups is 2. The van der Waals surface area contributed by atoms with Gasteiger partial charge in [-0.05, 0) is 142 Å². The van der Waals surface area contributed by atoms with Crippen LogP contribution in [0.4, 0.5) is 0 Å². The smallest absolute Gasteiger partial charge is 0.310 e. The standard InChI is InChI=1S/C5H5NO2.C5H8O2.C4H6O3.C4H6O.C4H8.C4H6.C3H8N2O.C3H6O2.4C3H6O.C2H8N2.C2H3NO.C2H3NS.2C2H6O2S.C2H4O2.C2H4O.3C2H6.CH4O.CH4S/c1-6-4(7)2-3-5(6)8;1-4(2)7-5(3)6;1-3(5)7-4(2)6;1-3-4(2)5;1-4(2)3;1-3-4-2;1-3(6)5-4-2;1-3(4)5-2;4*1-3(2)4;1-3-4-2;2*1-3-2-4;2*1-5(2,3)4;1-2(3)4;1-2-3;5*1-2/h2-3H,1H3;1H2,2-3H3;1-2H3;3H,1H2,2H3;1H2,2-3H3;4H,1H2,2H3;4H,1-2H3,(H,5,6);1-2H3;4*1-2H3;3-4H,1-2H3;2*1H3;2*1-2H3;1H3,(H,3,4);2H,1H3;3*1-2H3;2*2H,1H3. The van der Waals surface area contributed by atoms with Crippen LogP contribution in [-0.4, -0.2) is 214 Å². The molecule has 31 nitrogen and oxygen atoms in total. The first-order valence-corrected chi connectivity index (χ1v) is 34.6. The molecule has 0 radical (unpaired) electrons. The second-order valence-corrected chi connectivity index (χ2v) is 20.6. The Bertz CT molecular complexity index is 2150. The number of Topliss-reactive ketones (excluding diaryl/α,β-unsaturated/α-hetero) is 4. The quantitative estimate of drug-likeness (QED) is 0.0109. The number of sulfone groups is 2. The second-order valence-electron chi connectivity index (χ2n) is 15.9. The van der Waals surface area contributed by atoms with Gasteiger partial charge in [-0.3, -0.25) is 64.3 Å². The van der Waals surface area contributed by atoms with E-state index in [1.807, 2.05) is 76.4 Å². The highest BCUT2D eigenvalue weighted by Gasteiger charge is 2.17. The summed E-state index contributed by atoms with van der Waals surface area (Å²) < 4.78 is 51.0. The third kappa shape index (κ3) is 1300. The van der Waals surface area contributed by atoms with Crippen molar-refractivity contribution in [3.63, 3.8) is 0 Å². The van der Waals surface area contributed by atoms with Gasteiger partial charge in [-0.25, -0.2) is 37.0 Å². The number of hydrogen-bond acceptors (Lipinski definition) is 30. The maximum Gasteiger partial charge on any atom is 0.310 e. The lowest BCUT2D eigenvalue weighted by molar-refractivity contribution is -0.156. The van der Waals surface area contributed by atoms with E-state index in [1.165, 1.54) is 155 Å². The number of aldehydes is 1. The number of likely N-dealkylation sites (N-methyl/N-ethyl adjacent to an activating group) is 1. The van der Waals surface area contributed by atoms with Crippen LogP contribution in [-0.2, 0) is 106 Å². The molecule has 0 atom stereocenters. The van der Waals surface area contributed by atoms with Crippen molar-refractivity contribution in [3.05, 3.63) is 67.7 Å². The minimum atomic E-state index is -2.67. The number of carboxylic acid groups (broad SMARTS) is 1. The number of allylic oxidation sites excluding steroid dienone is 4. The van der Waals surface area contributed by atoms with Crippen LogP contribution in [0.1, 0.15) is 180 Å². The van der Waals surface area contributed by atoms with E-state index < -0.39 is 37.6 Å². The minimum absolute atomic E-state index is 0.0185. The van der Waals surface area contributed by atoms with Crippen molar-refractivity contribution in [2.75, 3.05) is 87.8 Å². The van der Waals surface area contributed by atoms with Crippen LogP contribution in [0.2, 0.25) is 0 Å². The van der Waals surface area contributed by atoms with Crippen molar-refractivity contribution >= 4 is 139 Å². The number of ketones is 5. The van der Waals surface area contributed by atoms with Gasteiger partial charge in [-0.2, -0.15) is 12.6 Å². The molecule has 35 heteroatoms. The molecule has 1 rings (SSSR count). The summed E-state index contributed by atoms with van der Waals surface area (Å²) in [5.41, 5.74) is 13.9. The van der Waals surface area contributed by atoms with E-state index in [4.69, 9.17) is 24.6 Å². The van der Waals surface area contributed by atoms with E-state index in [1.54, 1.807) is 33.4 Å². The van der Waals surface area contributed by atoms with E-state index in [0.717, 1.165) is 50.2 Å². The van der Waals surface area contributed by atoms with Crippen LogP contribution >= 0.6 is 24.8 Å². The van der Waals surface area contributed by atoms with E-state index in [2.05, 4.69) is 108 Å². The molecular weight excluding hydrogens is 1400 g/mol. The Morgan fingerprint density at radius 1 is 0.574 bits per heavy atom. The number of thiocarbonyl (C=S) groups is 1. The van der Waals surface area contributed by atoms with Crippen LogP contribution < -0.4 is 21.7 Å². The fourth-order valence-electron chi connectivity index (χ4n) is 1.10. The molecule has 0 aliphatic carbocycles. The summed E-state index contributed by atoms with van der Waals surface area (Å²) >= 11 is 7.66. The highest BCUT2D eigenvalue weighted by atomic mass is 32.2. The number of ether oxygens (including phenoxy) is 3. The van der Waals surface area contributed by atoms with Gasteiger partial charge in [0, 0.05) is 114 Å². The fourth-order valence-corrected chi connectivity index (χ4v) is 1.10. The Labute approximate surface area is 620 Å². The predicted molar refractivity (Wildman–Crippen MR) is 419 cm³/mol. The second kappa shape index (κ2) is 160. The number of thiol groups is 1. The molecule has 0 fully saturated rings. The van der Waals surface area contributed by atoms with Crippen LogP contribution in [0.15, 0.2) is 77.7 Å². The maximum atomic E-state index is 10.4. The van der Waals surface area contributed by atoms with Crippen molar-refractivity contribution in [1.82, 2.24) is 26.6 Å². The molecule has 0 bridgehead atoms. The number of carboxylic acids is 1. The number of esters is 4. The van der Waals surface area contributed by atoms with Crippen molar-refractivity contribution < 1.29 is 113 Å². The van der Waals surface area contributed by atoms with Crippen molar-refractivity contribution in [1.29, 1.82) is 0 Å². The number of hydrazine groups is 2. The van der Waals surface area contributed by atoms with E-state index in [9.17, 15) is 74.4 Å². The number of isocyanates is 1. The van der Waals surface area contributed by atoms with Gasteiger partial charge in [0.05, 0.1) is 18.0 Å². The molecule has 101 heavy (non-hydrogen) atoms. The van der Waals surface area contributed by atoms with E-state index >= 15 is 0 Å². The first-order valence-electron chi connectivity index (χ1n) is 28.7. The van der Waals surface area contributed by atoms with Gasteiger partial charge in [0.2, 0.25) is 12.0 Å². The average molecular weight is 1540 g/mol. The highest BCUT2D eigenvalue weighted by molar-refractivity contribution is 7.90. The number of rotatable bonds is 4. The number of carbonyl (C=O) groups excluding carboxylic acids is 14. The summed E-state index contributed by atoms with van der Waals surface area (Å²) in [6, 6.07) is 0. The van der Waals surface area contributed by atoms with Gasteiger partial charge >= 0.3 is 23.9 Å². The number of nitrogens with zero attached hydrogens (tertiary/aromatic N) is 3. The molecule has 1 heterocycles. The minimum Gasteiger partial charge on any atom is -0.481 e. The highest BCUT2D eigenvalue weighted by Crippen LogP contribution is 1.97. The Kier molecular flexibility index (Phi) is 254. The van der Waals surface area contributed by atoms with Crippen LogP contribution in [0.25, 0.3) is 0 Å². The van der Waals surface area contributed by atoms with Gasteiger partial charge in [0.25, 0.3) is 17.8 Å². The molecule has 1 aliphatic rings. The maximum absolute atomic E-state index is 10.4. The molecule has 0 aromatic carbocycles. The van der Waals surface area contributed by atoms with Crippen LogP contribution in [0, 0.1) is 0 Å². The summed E-state index contributed by atoms with van der Waals surface area (Å²) in [6.45, 7) is 55.6. The molecule has 1 aliphatic heterocycles. The molecule has 0 unspecified atom stereocenters. The summed E-state index contributed by atoms with van der Waals surface area (Å²) in [7, 11) is 6.72. The van der Waals surface area contributed by atoms with E-state index in [-0.39, 0.29) is 58.6 Å². The third-order valence-corrected chi connectivity index (χ3v) is 3.33. The number of aliphatic hydroxyl groups excluding tert-OH is 1. The number of amides is 3. The summed E-state index contributed by atoms with van der Waals surface area (Å²) in [5.74, 6) is -1.95. The molecule has 0 aromatic heterocycles. The first kappa shape index (κ1) is 161. The molecule has 0 aromatic rings. The van der Waals surface area contributed by atoms with Gasteiger partial charge in [-0.15, -0.1) is 12.3 Å². The van der Waals surface area contributed by atoms with Crippen molar-refractivity contribution in [3.8, 4) is 0 Å². The number of methoxy groups -OCH3 is 1. The van der Waals surface area contributed by atoms with E-state index in [0.29, 0.717) is 5.76 Å². The van der Waals surface area contributed by atoms with Crippen LogP contribution in [0.5, 0.6) is 0 Å².